The zero-order valence-electron chi connectivity index (χ0n) is 14.5. The van der Waals surface area contributed by atoms with Gasteiger partial charge in [0.05, 0.1) is 0 Å². The highest BCUT2D eigenvalue weighted by Gasteiger charge is 2.27. The fourth-order valence-corrected chi connectivity index (χ4v) is 2.79. The Balaban J connectivity index is 1.88. The van der Waals surface area contributed by atoms with Crippen molar-refractivity contribution in [1.29, 1.82) is 0 Å². The van der Waals surface area contributed by atoms with Crippen molar-refractivity contribution >= 4 is 17.6 Å². The Morgan fingerprint density at radius 1 is 1.17 bits per heavy atom. The molecule has 126 valence electrons. The van der Waals surface area contributed by atoms with E-state index in [-0.39, 0.29) is 23.9 Å². The Labute approximate surface area is 138 Å². The molecule has 1 aliphatic heterocycles. The molecule has 0 radical (unpaired) electrons. The van der Waals surface area contributed by atoms with E-state index in [9.17, 15) is 9.59 Å². The Kier molecular flexibility index (Phi) is 5.64. The van der Waals surface area contributed by atoms with Crippen LogP contribution in [-0.4, -0.2) is 36.0 Å². The topological polar surface area (TPSA) is 61.4 Å². The Morgan fingerprint density at radius 3 is 2.43 bits per heavy atom. The lowest BCUT2D eigenvalue weighted by atomic mass is 9.95. The van der Waals surface area contributed by atoms with E-state index in [2.05, 4.69) is 10.6 Å². The van der Waals surface area contributed by atoms with Gasteiger partial charge in [-0.3, -0.25) is 4.79 Å². The number of rotatable bonds is 3. The lowest BCUT2D eigenvalue weighted by molar-refractivity contribution is -0.121. The van der Waals surface area contributed by atoms with Gasteiger partial charge >= 0.3 is 6.03 Å². The summed E-state index contributed by atoms with van der Waals surface area (Å²) in [5.41, 5.74) is 3.08. The van der Waals surface area contributed by atoms with Crippen molar-refractivity contribution in [1.82, 2.24) is 10.2 Å². The van der Waals surface area contributed by atoms with Gasteiger partial charge in [-0.15, -0.1) is 0 Å². The van der Waals surface area contributed by atoms with E-state index < -0.39 is 0 Å². The summed E-state index contributed by atoms with van der Waals surface area (Å²) >= 11 is 0. The van der Waals surface area contributed by atoms with Crippen molar-refractivity contribution in [2.45, 2.75) is 46.6 Å². The summed E-state index contributed by atoms with van der Waals surface area (Å²) in [5, 5.41) is 5.94. The third-order valence-electron chi connectivity index (χ3n) is 4.22. The van der Waals surface area contributed by atoms with Gasteiger partial charge in [-0.2, -0.15) is 0 Å². The highest BCUT2D eigenvalue weighted by molar-refractivity contribution is 5.93. The number of likely N-dealkylation sites (tertiary alicyclic amines) is 1. The van der Waals surface area contributed by atoms with Gasteiger partial charge in [0.1, 0.15) is 0 Å². The van der Waals surface area contributed by atoms with Crippen LogP contribution in [0.25, 0.3) is 0 Å². The molecular formula is C18H27N3O2. The number of hydrogen-bond acceptors (Lipinski definition) is 2. The molecule has 1 heterocycles. The molecule has 1 aliphatic rings. The first-order chi connectivity index (χ1) is 10.9. The predicted octanol–water partition coefficient (Wildman–Crippen LogP) is 3.07. The minimum atomic E-state index is -0.0339. The SMILES string of the molecule is Cc1ccc(C)c(NC(=O)C2CCN(C(=O)NC(C)C)CC2)c1. The van der Waals surface area contributed by atoms with E-state index >= 15 is 0 Å². The predicted molar refractivity (Wildman–Crippen MR) is 92.5 cm³/mol. The van der Waals surface area contributed by atoms with Gasteiger partial charge < -0.3 is 15.5 Å². The van der Waals surface area contributed by atoms with Crippen LogP contribution in [0, 0.1) is 19.8 Å². The molecule has 1 aromatic carbocycles. The standard InChI is InChI=1S/C18H27N3O2/c1-12(2)19-18(23)21-9-7-15(8-10-21)17(22)20-16-11-13(3)5-6-14(16)4/h5-6,11-12,15H,7-10H2,1-4H3,(H,19,23)(H,20,22). The fourth-order valence-electron chi connectivity index (χ4n) is 2.79. The van der Waals surface area contributed by atoms with Crippen molar-refractivity contribution in [2.24, 2.45) is 5.92 Å². The molecule has 0 bridgehead atoms. The molecule has 5 heteroatoms. The maximum absolute atomic E-state index is 12.5. The Bertz CT molecular complexity index is 576. The summed E-state index contributed by atoms with van der Waals surface area (Å²) in [5.74, 6) is 0.0284. The summed E-state index contributed by atoms with van der Waals surface area (Å²) in [6.45, 7) is 9.16. The molecule has 0 saturated carbocycles. The first-order valence-corrected chi connectivity index (χ1v) is 8.30. The van der Waals surface area contributed by atoms with Crippen LogP contribution in [-0.2, 0) is 4.79 Å². The van der Waals surface area contributed by atoms with Gasteiger partial charge in [0.15, 0.2) is 0 Å². The zero-order chi connectivity index (χ0) is 17.0. The van der Waals surface area contributed by atoms with Gasteiger partial charge in [-0.05, 0) is 57.7 Å². The minimum absolute atomic E-state index is 0.0296. The molecule has 0 spiro atoms. The highest BCUT2D eigenvalue weighted by Crippen LogP contribution is 2.22. The number of benzene rings is 1. The first-order valence-electron chi connectivity index (χ1n) is 8.30. The molecule has 3 amide bonds. The van der Waals surface area contributed by atoms with Crippen molar-refractivity contribution in [3.63, 3.8) is 0 Å². The second-order valence-corrected chi connectivity index (χ2v) is 6.67. The molecule has 1 fully saturated rings. The van der Waals surface area contributed by atoms with E-state index in [1.807, 2.05) is 45.9 Å². The molecular weight excluding hydrogens is 290 g/mol. The van der Waals surface area contributed by atoms with Crippen molar-refractivity contribution < 1.29 is 9.59 Å². The van der Waals surface area contributed by atoms with Crippen LogP contribution >= 0.6 is 0 Å². The van der Waals surface area contributed by atoms with E-state index in [0.29, 0.717) is 25.9 Å². The third-order valence-corrected chi connectivity index (χ3v) is 4.22. The number of carbonyl (C=O) groups excluding carboxylic acids is 2. The second kappa shape index (κ2) is 7.49. The number of aryl methyl sites for hydroxylation is 2. The summed E-state index contributed by atoms with van der Waals surface area (Å²) in [6, 6.07) is 6.15. The van der Waals surface area contributed by atoms with Gasteiger partial charge in [-0.1, -0.05) is 12.1 Å². The summed E-state index contributed by atoms with van der Waals surface area (Å²) in [7, 11) is 0. The van der Waals surface area contributed by atoms with E-state index in [1.165, 1.54) is 0 Å². The monoisotopic (exact) mass is 317 g/mol. The van der Waals surface area contributed by atoms with E-state index in [4.69, 9.17) is 0 Å². The maximum atomic E-state index is 12.5. The van der Waals surface area contributed by atoms with Crippen LogP contribution in [0.15, 0.2) is 18.2 Å². The average molecular weight is 317 g/mol. The van der Waals surface area contributed by atoms with Crippen molar-refractivity contribution in [3.05, 3.63) is 29.3 Å². The van der Waals surface area contributed by atoms with Crippen molar-refractivity contribution in [2.75, 3.05) is 18.4 Å². The number of hydrogen-bond donors (Lipinski definition) is 2. The normalized spacial score (nSPS) is 15.6. The number of nitrogens with one attached hydrogen (secondary N) is 2. The molecule has 0 unspecified atom stereocenters. The van der Waals surface area contributed by atoms with Gasteiger partial charge in [-0.25, -0.2) is 4.79 Å². The molecule has 2 rings (SSSR count). The number of piperidine rings is 1. The summed E-state index contributed by atoms with van der Waals surface area (Å²) in [6.07, 6.45) is 1.42. The molecule has 2 N–H and O–H groups in total. The lowest BCUT2D eigenvalue weighted by Crippen LogP contribution is -2.47. The van der Waals surface area contributed by atoms with Crippen LogP contribution in [0.4, 0.5) is 10.5 Å². The highest BCUT2D eigenvalue weighted by atomic mass is 16.2. The quantitative estimate of drug-likeness (QED) is 0.900. The summed E-state index contributed by atoms with van der Waals surface area (Å²) < 4.78 is 0. The molecule has 0 atom stereocenters. The number of urea groups is 1. The van der Waals surface area contributed by atoms with Crippen LogP contribution in [0.2, 0.25) is 0 Å². The Morgan fingerprint density at radius 2 is 1.83 bits per heavy atom. The molecule has 0 aliphatic carbocycles. The van der Waals surface area contributed by atoms with Crippen LogP contribution in [0.5, 0.6) is 0 Å². The smallest absolute Gasteiger partial charge is 0.317 e. The first kappa shape index (κ1) is 17.3. The molecule has 1 aromatic rings. The van der Waals surface area contributed by atoms with Crippen LogP contribution in [0.3, 0.4) is 0 Å². The Hall–Kier alpha value is -2.04. The van der Waals surface area contributed by atoms with Crippen molar-refractivity contribution in [3.8, 4) is 0 Å². The van der Waals surface area contributed by atoms with Crippen LogP contribution < -0.4 is 10.6 Å². The number of amides is 3. The maximum Gasteiger partial charge on any atom is 0.317 e. The number of anilines is 1. The molecule has 1 saturated heterocycles. The third kappa shape index (κ3) is 4.71. The van der Waals surface area contributed by atoms with Gasteiger partial charge in [0, 0.05) is 30.7 Å². The molecule has 5 nitrogen and oxygen atoms in total. The fraction of sp³-hybridized carbons (Fsp3) is 0.556. The lowest BCUT2D eigenvalue weighted by Gasteiger charge is -2.32. The van der Waals surface area contributed by atoms with E-state index in [0.717, 1.165) is 16.8 Å². The van der Waals surface area contributed by atoms with Gasteiger partial charge in [0.25, 0.3) is 0 Å². The average Bonchev–Trinajstić information content (AvgIpc) is 2.50. The second-order valence-electron chi connectivity index (χ2n) is 6.67. The molecule has 0 aromatic heterocycles. The van der Waals surface area contributed by atoms with E-state index in [1.54, 1.807) is 4.90 Å². The minimum Gasteiger partial charge on any atom is -0.336 e. The largest absolute Gasteiger partial charge is 0.336 e. The molecule has 23 heavy (non-hydrogen) atoms. The summed E-state index contributed by atoms with van der Waals surface area (Å²) in [4.78, 5) is 26.2. The number of nitrogens with zero attached hydrogens (tertiary/aromatic N) is 1. The van der Waals surface area contributed by atoms with Crippen LogP contribution in [0.1, 0.15) is 37.8 Å². The number of carbonyl (C=O) groups is 2. The zero-order valence-corrected chi connectivity index (χ0v) is 14.5. The van der Waals surface area contributed by atoms with Gasteiger partial charge in [0.2, 0.25) is 5.91 Å².